The second-order valence-corrected chi connectivity index (χ2v) is 11.8. The molecule has 0 aliphatic heterocycles. The first-order valence-corrected chi connectivity index (χ1v) is 15.7. The van der Waals surface area contributed by atoms with Crippen LogP contribution in [0.2, 0.25) is 0 Å². The Bertz CT molecular complexity index is 2400. The first kappa shape index (κ1) is 26.3. The molecule has 216 valence electrons. The van der Waals surface area contributed by atoms with E-state index >= 15 is 0 Å². The maximum absolute atomic E-state index is 6.70. The van der Waals surface area contributed by atoms with E-state index in [1.165, 1.54) is 49.2 Å². The number of nitrogens with zero attached hydrogens (tertiary/aromatic N) is 1. The predicted molar refractivity (Wildman–Crippen MR) is 194 cm³/mol. The van der Waals surface area contributed by atoms with Crippen molar-refractivity contribution in [1.29, 1.82) is 0 Å². The van der Waals surface area contributed by atoms with E-state index in [0.29, 0.717) is 0 Å². The van der Waals surface area contributed by atoms with Crippen LogP contribution in [0, 0.1) is 0 Å². The lowest BCUT2D eigenvalue weighted by Gasteiger charge is -2.23. The van der Waals surface area contributed by atoms with Crippen molar-refractivity contribution < 1.29 is 4.42 Å². The molecule has 0 bridgehead atoms. The molecule has 8 aromatic carbocycles. The maximum Gasteiger partial charge on any atom is 0.205 e. The fraction of sp³-hybridized carbons (Fsp3) is 0. The minimum absolute atomic E-state index is 0.781. The molecule has 9 rings (SSSR count). The van der Waals surface area contributed by atoms with Gasteiger partial charge in [0.15, 0.2) is 0 Å². The van der Waals surface area contributed by atoms with Gasteiger partial charge in [0.2, 0.25) is 5.88 Å². The summed E-state index contributed by atoms with van der Waals surface area (Å²) in [7, 11) is 0. The summed E-state index contributed by atoms with van der Waals surface area (Å²) in [5, 5.41) is 8.35. The van der Waals surface area contributed by atoms with E-state index in [2.05, 4.69) is 181 Å². The van der Waals surface area contributed by atoms with E-state index in [1.807, 2.05) is 0 Å². The molecule has 0 radical (unpaired) electrons. The molecule has 0 unspecified atom stereocenters. The van der Waals surface area contributed by atoms with Gasteiger partial charge in [0.1, 0.15) is 5.58 Å². The van der Waals surface area contributed by atoms with Crippen LogP contribution < -0.4 is 4.90 Å². The smallest absolute Gasteiger partial charge is 0.205 e. The summed E-state index contributed by atoms with van der Waals surface area (Å²) in [6.07, 6.45) is 0. The van der Waals surface area contributed by atoms with Gasteiger partial charge in [-0.1, -0.05) is 133 Å². The monoisotopic (exact) mass is 587 g/mol. The summed E-state index contributed by atoms with van der Waals surface area (Å²) in [5.74, 6) is 0.781. The van der Waals surface area contributed by atoms with Crippen LogP contribution in [-0.4, -0.2) is 0 Å². The van der Waals surface area contributed by atoms with Gasteiger partial charge in [-0.2, -0.15) is 0 Å². The van der Waals surface area contributed by atoms with Crippen molar-refractivity contribution in [3.05, 3.63) is 176 Å². The van der Waals surface area contributed by atoms with Crippen molar-refractivity contribution in [2.45, 2.75) is 0 Å². The van der Waals surface area contributed by atoms with Crippen LogP contribution in [-0.2, 0) is 0 Å². The third-order valence-corrected chi connectivity index (χ3v) is 9.03. The third-order valence-electron chi connectivity index (χ3n) is 9.03. The molecule has 0 fully saturated rings. The van der Waals surface area contributed by atoms with Gasteiger partial charge in [-0.15, -0.1) is 0 Å². The summed E-state index contributed by atoms with van der Waals surface area (Å²) in [6.45, 7) is 0. The lowest BCUT2D eigenvalue weighted by atomic mass is 10.0. The lowest BCUT2D eigenvalue weighted by molar-refractivity contribution is 0.624. The molecule has 0 aliphatic rings. The lowest BCUT2D eigenvalue weighted by Crippen LogP contribution is -2.08. The SMILES string of the molecule is c1ccc2cc(-c3ccc(N(c4ccc(-c5ccc6ccccc6c5)cc4)c4cc5ccc6ccccc6c5o4)cc3)ccc2c1. The molecule has 1 aromatic heterocycles. The Hall–Kier alpha value is -6.12. The largest absolute Gasteiger partial charge is 0.439 e. The Labute approximate surface area is 267 Å². The number of hydrogen-bond acceptors (Lipinski definition) is 2. The second kappa shape index (κ2) is 10.8. The van der Waals surface area contributed by atoms with Crippen molar-refractivity contribution >= 4 is 60.5 Å². The van der Waals surface area contributed by atoms with Gasteiger partial charge in [0, 0.05) is 28.2 Å². The first-order chi connectivity index (χ1) is 22.8. The van der Waals surface area contributed by atoms with Crippen LogP contribution in [0.15, 0.2) is 180 Å². The van der Waals surface area contributed by atoms with Crippen molar-refractivity contribution in [2.75, 3.05) is 4.90 Å². The molecule has 9 aromatic rings. The molecule has 2 heteroatoms. The van der Waals surface area contributed by atoms with Gasteiger partial charge in [-0.25, -0.2) is 0 Å². The molecule has 0 saturated heterocycles. The molecule has 0 aliphatic carbocycles. The third kappa shape index (κ3) is 4.60. The molecule has 1 heterocycles. The molecular weight excluding hydrogens is 558 g/mol. The summed E-state index contributed by atoms with van der Waals surface area (Å²) in [6, 6.07) is 62.7. The van der Waals surface area contributed by atoms with Crippen LogP contribution in [0.25, 0.3) is 65.5 Å². The minimum Gasteiger partial charge on any atom is -0.439 e. The highest BCUT2D eigenvalue weighted by Gasteiger charge is 2.18. The van der Waals surface area contributed by atoms with E-state index in [0.717, 1.165) is 33.6 Å². The summed E-state index contributed by atoms with van der Waals surface area (Å²) in [4.78, 5) is 2.21. The minimum atomic E-state index is 0.781. The van der Waals surface area contributed by atoms with Crippen molar-refractivity contribution in [1.82, 2.24) is 0 Å². The van der Waals surface area contributed by atoms with Gasteiger partial charge >= 0.3 is 0 Å². The second-order valence-electron chi connectivity index (χ2n) is 11.8. The highest BCUT2D eigenvalue weighted by Crippen LogP contribution is 2.41. The summed E-state index contributed by atoms with van der Waals surface area (Å²) < 4.78 is 6.70. The zero-order chi connectivity index (χ0) is 30.5. The Morgan fingerprint density at radius 1 is 0.326 bits per heavy atom. The van der Waals surface area contributed by atoms with Gasteiger partial charge in [0.25, 0.3) is 0 Å². The van der Waals surface area contributed by atoms with Gasteiger partial charge in [-0.3, -0.25) is 4.90 Å². The Balaban J connectivity index is 1.14. The summed E-state index contributed by atoms with van der Waals surface area (Å²) >= 11 is 0. The number of benzene rings is 8. The van der Waals surface area contributed by atoms with Crippen LogP contribution in [0.5, 0.6) is 0 Å². The molecular formula is C44H29NO. The van der Waals surface area contributed by atoms with Gasteiger partial charge in [0.05, 0.1) is 0 Å². The average Bonchev–Trinajstić information content (AvgIpc) is 3.56. The summed E-state index contributed by atoms with van der Waals surface area (Å²) in [5.41, 5.74) is 7.73. The Morgan fingerprint density at radius 3 is 1.33 bits per heavy atom. The molecule has 0 amide bonds. The molecule has 0 atom stereocenters. The van der Waals surface area contributed by atoms with Crippen LogP contribution >= 0.6 is 0 Å². The van der Waals surface area contributed by atoms with E-state index < -0.39 is 0 Å². The first-order valence-electron chi connectivity index (χ1n) is 15.7. The molecule has 0 spiro atoms. The average molecular weight is 588 g/mol. The maximum atomic E-state index is 6.70. The molecule has 46 heavy (non-hydrogen) atoms. The van der Waals surface area contributed by atoms with Crippen molar-refractivity contribution in [3.8, 4) is 22.3 Å². The van der Waals surface area contributed by atoms with E-state index in [1.54, 1.807) is 0 Å². The van der Waals surface area contributed by atoms with E-state index in [4.69, 9.17) is 4.42 Å². The quantitative estimate of drug-likeness (QED) is 0.199. The number of anilines is 3. The van der Waals surface area contributed by atoms with E-state index in [-0.39, 0.29) is 0 Å². The van der Waals surface area contributed by atoms with Crippen LogP contribution in [0.4, 0.5) is 17.3 Å². The highest BCUT2D eigenvalue weighted by molar-refractivity contribution is 6.05. The number of rotatable bonds is 5. The molecule has 0 N–H and O–H groups in total. The predicted octanol–water partition coefficient (Wildman–Crippen LogP) is 12.7. The fourth-order valence-electron chi connectivity index (χ4n) is 6.61. The van der Waals surface area contributed by atoms with E-state index in [9.17, 15) is 0 Å². The standard InChI is InChI=1S/C44H29NO/c1-3-10-35-27-37(16-13-30(35)7-1)32-19-23-40(24-20-32)45(43-29-39-18-15-34-9-5-6-12-42(34)44(39)46-43)41-25-21-33(22-26-41)38-17-14-31-8-2-4-11-36(31)28-38/h1-29H. The zero-order valence-electron chi connectivity index (χ0n) is 25.1. The number of hydrogen-bond donors (Lipinski definition) is 0. The fourth-order valence-corrected chi connectivity index (χ4v) is 6.61. The van der Waals surface area contributed by atoms with Crippen molar-refractivity contribution in [3.63, 3.8) is 0 Å². The van der Waals surface area contributed by atoms with Gasteiger partial charge < -0.3 is 4.42 Å². The van der Waals surface area contributed by atoms with Crippen LogP contribution in [0.1, 0.15) is 0 Å². The topological polar surface area (TPSA) is 16.4 Å². The van der Waals surface area contributed by atoms with Crippen LogP contribution in [0.3, 0.4) is 0 Å². The Morgan fingerprint density at radius 2 is 0.761 bits per heavy atom. The number of fused-ring (bicyclic) bond motifs is 5. The number of furan rings is 1. The normalized spacial score (nSPS) is 11.5. The zero-order valence-corrected chi connectivity index (χ0v) is 25.1. The Kier molecular flexibility index (Phi) is 6.17. The highest BCUT2D eigenvalue weighted by atomic mass is 16.4. The molecule has 0 saturated carbocycles. The van der Waals surface area contributed by atoms with Crippen molar-refractivity contribution in [2.24, 2.45) is 0 Å². The van der Waals surface area contributed by atoms with Gasteiger partial charge in [-0.05, 0) is 85.6 Å². The molecule has 2 nitrogen and oxygen atoms in total.